The third-order valence-electron chi connectivity index (χ3n) is 7.04. The monoisotopic (exact) mass is 487 g/mol. The molecule has 0 spiro atoms. The number of likely N-dealkylation sites (tertiary alicyclic amines) is 1. The SMILES string of the molecule is CN(C1CCCCC1)S(=O)(=O)c1ccc(C(=O)N2CCC(C(=O)NCc3ccco3)CC2)cc1. The van der Waals surface area contributed by atoms with Crippen molar-refractivity contribution in [2.24, 2.45) is 5.92 Å². The number of sulfonamides is 1. The van der Waals surface area contributed by atoms with Crippen molar-refractivity contribution in [2.45, 2.75) is 62.4 Å². The van der Waals surface area contributed by atoms with E-state index in [0.717, 1.165) is 32.1 Å². The van der Waals surface area contributed by atoms with Gasteiger partial charge in [-0.3, -0.25) is 9.59 Å². The number of rotatable bonds is 7. The predicted octanol–water partition coefficient (Wildman–Crippen LogP) is 3.40. The summed E-state index contributed by atoms with van der Waals surface area (Å²) in [6, 6.07) is 9.86. The second-order valence-electron chi connectivity index (χ2n) is 9.20. The van der Waals surface area contributed by atoms with E-state index in [-0.39, 0.29) is 28.7 Å². The number of piperidine rings is 1. The molecule has 4 rings (SSSR count). The Morgan fingerprint density at radius 1 is 1.03 bits per heavy atom. The van der Waals surface area contributed by atoms with Crippen molar-refractivity contribution in [2.75, 3.05) is 20.1 Å². The van der Waals surface area contributed by atoms with Crippen molar-refractivity contribution in [3.8, 4) is 0 Å². The average Bonchev–Trinajstić information content (AvgIpc) is 3.41. The van der Waals surface area contributed by atoms with E-state index < -0.39 is 10.0 Å². The van der Waals surface area contributed by atoms with E-state index in [1.165, 1.54) is 16.4 Å². The van der Waals surface area contributed by atoms with Gasteiger partial charge in [-0.25, -0.2) is 8.42 Å². The summed E-state index contributed by atoms with van der Waals surface area (Å²) in [5, 5.41) is 2.89. The summed E-state index contributed by atoms with van der Waals surface area (Å²) in [6.45, 7) is 1.33. The van der Waals surface area contributed by atoms with E-state index in [4.69, 9.17) is 4.42 Å². The molecule has 2 fully saturated rings. The van der Waals surface area contributed by atoms with Crippen molar-refractivity contribution in [3.63, 3.8) is 0 Å². The maximum absolute atomic E-state index is 13.0. The van der Waals surface area contributed by atoms with Gasteiger partial charge in [-0.2, -0.15) is 4.31 Å². The van der Waals surface area contributed by atoms with Crippen molar-refractivity contribution in [1.82, 2.24) is 14.5 Å². The number of hydrogen-bond acceptors (Lipinski definition) is 5. The second kappa shape index (κ2) is 10.7. The van der Waals surface area contributed by atoms with Gasteiger partial charge < -0.3 is 14.6 Å². The molecule has 1 saturated heterocycles. The molecule has 0 atom stereocenters. The molecule has 2 aromatic rings. The lowest BCUT2D eigenvalue weighted by atomic mass is 9.95. The Balaban J connectivity index is 1.31. The molecule has 9 heteroatoms. The van der Waals surface area contributed by atoms with E-state index in [9.17, 15) is 18.0 Å². The van der Waals surface area contributed by atoms with Gasteiger partial charge in [0.15, 0.2) is 0 Å². The molecule has 1 N–H and O–H groups in total. The zero-order chi connectivity index (χ0) is 24.1. The van der Waals surface area contributed by atoms with Gasteiger partial charge in [0.05, 0.1) is 17.7 Å². The molecule has 1 aliphatic heterocycles. The van der Waals surface area contributed by atoms with Gasteiger partial charge in [0.2, 0.25) is 15.9 Å². The summed E-state index contributed by atoms with van der Waals surface area (Å²) in [5.41, 5.74) is 0.458. The molecule has 2 aliphatic rings. The minimum absolute atomic E-state index is 0.0276. The maximum Gasteiger partial charge on any atom is 0.253 e. The minimum Gasteiger partial charge on any atom is -0.467 e. The first-order chi connectivity index (χ1) is 16.4. The molecular formula is C25H33N3O5S. The van der Waals surface area contributed by atoms with Crippen LogP contribution in [0.3, 0.4) is 0 Å². The van der Waals surface area contributed by atoms with Crippen LogP contribution in [0.15, 0.2) is 52.0 Å². The van der Waals surface area contributed by atoms with Crippen LogP contribution >= 0.6 is 0 Å². The summed E-state index contributed by atoms with van der Waals surface area (Å²) in [7, 11) is -1.94. The van der Waals surface area contributed by atoms with E-state index in [1.54, 1.807) is 36.4 Å². The third-order valence-corrected chi connectivity index (χ3v) is 8.96. The van der Waals surface area contributed by atoms with Crippen LogP contribution in [0.4, 0.5) is 0 Å². The average molecular weight is 488 g/mol. The number of benzene rings is 1. The Bertz CT molecular complexity index is 1070. The van der Waals surface area contributed by atoms with Crippen LogP contribution in [0.1, 0.15) is 61.1 Å². The molecule has 8 nitrogen and oxygen atoms in total. The highest BCUT2D eigenvalue weighted by atomic mass is 32.2. The first kappa shape index (κ1) is 24.5. The van der Waals surface area contributed by atoms with Gasteiger partial charge in [-0.15, -0.1) is 0 Å². The molecule has 1 aliphatic carbocycles. The fraction of sp³-hybridized carbons (Fsp3) is 0.520. The maximum atomic E-state index is 13.0. The molecule has 1 saturated carbocycles. The van der Waals surface area contributed by atoms with Crippen molar-refractivity contribution >= 4 is 21.8 Å². The lowest BCUT2D eigenvalue weighted by molar-refractivity contribution is -0.126. The Morgan fingerprint density at radius 2 is 1.71 bits per heavy atom. The largest absolute Gasteiger partial charge is 0.467 e. The van der Waals surface area contributed by atoms with Gasteiger partial charge in [0.1, 0.15) is 5.76 Å². The molecular weight excluding hydrogens is 454 g/mol. The fourth-order valence-corrected chi connectivity index (χ4v) is 6.25. The van der Waals surface area contributed by atoms with Gasteiger partial charge in [0, 0.05) is 37.7 Å². The van der Waals surface area contributed by atoms with Crippen LogP contribution in [-0.4, -0.2) is 55.6 Å². The van der Waals surface area contributed by atoms with E-state index in [2.05, 4.69) is 5.32 Å². The van der Waals surface area contributed by atoms with Gasteiger partial charge in [0.25, 0.3) is 5.91 Å². The van der Waals surface area contributed by atoms with Crippen molar-refractivity contribution in [3.05, 3.63) is 54.0 Å². The summed E-state index contributed by atoms with van der Waals surface area (Å²) in [4.78, 5) is 27.3. The number of hydrogen-bond donors (Lipinski definition) is 1. The molecule has 1 aromatic carbocycles. The molecule has 1 aromatic heterocycles. The highest BCUT2D eigenvalue weighted by Gasteiger charge is 2.30. The zero-order valence-corrected chi connectivity index (χ0v) is 20.4. The minimum atomic E-state index is -3.59. The number of nitrogens with one attached hydrogen (secondary N) is 1. The van der Waals surface area contributed by atoms with Crippen LogP contribution < -0.4 is 5.32 Å². The molecule has 0 unspecified atom stereocenters. The zero-order valence-electron chi connectivity index (χ0n) is 19.6. The van der Waals surface area contributed by atoms with Crippen LogP contribution in [0.2, 0.25) is 0 Å². The molecule has 2 amide bonds. The van der Waals surface area contributed by atoms with Gasteiger partial charge in [-0.05, 0) is 62.1 Å². The lowest BCUT2D eigenvalue weighted by Gasteiger charge is -2.31. The third kappa shape index (κ3) is 5.52. The van der Waals surface area contributed by atoms with E-state index >= 15 is 0 Å². The van der Waals surface area contributed by atoms with E-state index in [0.29, 0.717) is 43.8 Å². The number of furan rings is 1. The Hall–Kier alpha value is -2.65. The second-order valence-corrected chi connectivity index (χ2v) is 11.2. The van der Waals surface area contributed by atoms with Crippen LogP contribution in [0, 0.1) is 5.92 Å². The Morgan fingerprint density at radius 3 is 2.32 bits per heavy atom. The summed E-state index contributed by atoms with van der Waals surface area (Å²) in [6.07, 6.45) is 7.81. The number of carbonyl (C=O) groups is 2. The van der Waals surface area contributed by atoms with Gasteiger partial charge in [-0.1, -0.05) is 19.3 Å². The van der Waals surface area contributed by atoms with Gasteiger partial charge >= 0.3 is 0 Å². The highest BCUT2D eigenvalue weighted by molar-refractivity contribution is 7.89. The Labute approximate surface area is 201 Å². The van der Waals surface area contributed by atoms with Crippen LogP contribution in [0.5, 0.6) is 0 Å². The normalized spacial score (nSPS) is 18.2. The van der Waals surface area contributed by atoms with Crippen molar-refractivity contribution in [1.29, 1.82) is 0 Å². The number of nitrogens with zero attached hydrogens (tertiary/aromatic N) is 2. The summed E-state index contributed by atoms with van der Waals surface area (Å²) < 4.78 is 32.8. The smallest absolute Gasteiger partial charge is 0.253 e. The predicted molar refractivity (Wildman–Crippen MR) is 127 cm³/mol. The standard InChI is InChI=1S/C25H33N3O5S/c1-27(21-6-3-2-4-7-21)34(31,32)23-11-9-20(10-12-23)25(30)28-15-13-19(14-16-28)24(29)26-18-22-8-5-17-33-22/h5,8-12,17,19,21H,2-4,6-7,13-16,18H2,1H3,(H,26,29). The summed E-state index contributed by atoms with van der Waals surface area (Å²) >= 11 is 0. The number of amides is 2. The topological polar surface area (TPSA) is 99.9 Å². The lowest BCUT2D eigenvalue weighted by Crippen LogP contribution is -2.43. The first-order valence-electron chi connectivity index (χ1n) is 12.0. The van der Waals surface area contributed by atoms with E-state index in [1.807, 2.05) is 6.07 Å². The molecule has 34 heavy (non-hydrogen) atoms. The quantitative estimate of drug-likeness (QED) is 0.645. The van der Waals surface area contributed by atoms with Crippen LogP contribution in [0.25, 0.3) is 0 Å². The Kier molecular flexibility index (Phi) is 7.73. The summed E-state index contributed by atoms with van der Waals surface area (Å²) in [5.74, 6) is 0.400. The van der Waals surface area contributed by atoms with Crippen LogP contribution in [-0.2, 0) is 21.4 Å². The first-order valence-corrected chi connectivity index (χ1v) is 13.5. The molecule has 0 radical (unpaired) electrons. The van der Waals surface area contributed by atoms with Crippen molar-refractivity contribution < 1.29 is 22.4 Å². The highest BCUT2D eigenvalue weighted by Crippen LogP contribution is 2.27. The fourth-order valence-electron chi connectivity index (χ4n) is 4.84. The number of carbonyl (C=O) groups excluding carboxylic acids is 2. The molecule has 0 bridgehead atoms. The molecule has 184 valence electrons. The molecule has 2 heterocycles.